The summed E-state index contributed by atoms with van der Waals surface area (Å²) in [6, 6.07) is 6.05. The van der Waals surface area contributed by atoms with Gasteiger partial charge in [0.1, 0.15) is 34.2 Å². The number of carbonyl (C=O) groups excluding carboxylic acids is 1. The van der Waals surface area contributed by atoms with Gasteiger partial charge in [-0.25, -0.2) is 18.5 Å². The van der Waals surface area contributed by atoms with Crippen LogP contribution in [0.15, 0.2) is 46.3 Å². The third-order valence-corrected chi connectivity index (χ3v) is 8.84. The molecule has 0 aliphatic carbocycles. The maximum atomic E-state index is 15.7. The SMILES string of the molecule is C=Cc1cccc(F)c1-c1c(Cl)cc2c(N3CCN(C(=O)OC(C)(C)C)C[C@@H]3C)nc(=O)n3c2[n+]1C(C)C1=C3C(C)CC=N1. The number of halogens is 2. The van der Waals surface area contributed by atoms with Crippen molar-refractivity contribution >= 4 is 52.5 Å². The number of rotatable bonds is 3. The Morgan fingerprint density at radius 2 is 1.98 bits per heavy atom. The van der Waals surface area contributed by atoms with Crippen LogP contribution in [0, 0.1) is 11.7 Å². The van der Waals surface area contributed by atoms with Gasteiger partial charge in [0, 0.05) is 37.8 Å². The number of benzene rings is 1. The number of carbonyl (C=O) groups is 1. The zero-order valence-corrected chi connectivity index (χ0v) is 26.7. The lowest BCUT2D eigenvalue weighted by molar-refractivity contribution is -0.679. The molecule has 3 atom stereocenters. The van der Waals surface area contributed by atoms with Gasteiger partial charge in [-0.2, -0.15) is 4.98 Å². The number of fused-ring (bicyclic) bond motifs is 1. The number of amides is 1. The van der Waals surface area contributed by atoms with Crippen LogP contribution in [0.3, 0.4) is 0 Å². The monoisotopic (exact) mass is 619 g/mol. The molecule has 3 aromatic rings. The summed E-state index contributed by atoms with van der Waals surface area (Å²) in [7, 11) is 0. The minimum atomic E-state index is -0.607. The first kappa shape index (κ1) is 30.0. The molecule has 0 spiro atoms. The second-order valence-electron chi connectivity index (χ2n) is 12.8. The Kier molecular flexibility index (Phi) is 7.39. The molecule has 1 fully saturated rings. The lowest BCUT2D eigenvalue weighted by atomic mass is 9.94. The second-order valence-corrected chi connectivity index (χ2v) is 13.2. The number of aromatic nitrogens is 3. The van der Waals surface area contributed by atoms with E-state index in [2.05, 4.69) is 18.5 Å². The van der Waals surface area contributed by atoms with Crippen LogP contribution in [0.1, 0.15) is 59.6 Å². The quantitative estimate of drug-likeness (QED) is 0.332. The summed E-state index contributed by atoms with van der Waals surface area (Å²) in [5.74, 6) is 0.0373. The minimum Gasteiger partial charge on any atom is -0.444 e. The van der Waals surface area contributed by atoms with Crippen molar-refractivity contribution < 1.29 is 18.5 Å². The molecule has 44 heavy (non-hydrogen) atoms. The van der Waals surface area contributed by atoms with E-state index in [1.165, 1.54) is 6.07 Å². The third kappa shape index (κ3) is 4.80. The summed E-state index contributed by atoms with van der Waals surface area (Å²) >= 11 is 7.10. The van der Waals surface area contributed by atoms with Crippen molar-refractivity contribution in [2.24, 2.45) is 10.9 Å². The number of ether oxygens (including phenoxy) is 1. The van der Waals surface area contributed by atoms with Gasteiger partial charge in [0.2, 0.25) is 0 Å². The van der Waals surface area contributed by atoms with Crippen LogP contribution >= 0.6 is 11.6 Å². The maximum absolute atomic E-state index is 15.7. The highest BCUT2D eigenvalue weighted by Crippen LogP contribution is 2.42. The Labute approximate surface area is 260 Å². The van der Waals surface area contributed by atoms with Crippen LogP contribution in [-0.2, 0) is 4.74 Å². The first-order valence-electron chi connectivity index (χ1n) is 15.0. The van der Waals surface area contributed by atoms with Crippen molar-refractivity contribution in [2.75, 3.05) is 24.5 Å². The molecule has 3 aliphatic heterocycles. The fraction of sp³-hybridized carbons (Fsp3) is 0.424. The van der Waals surface area contributed by atoms with Gasteiger partial charge in [-0.15, -0.1) is 4.57 Å². The van der Waals surface area contributed by atoms with Crippen molar-refractivity contribution in [2.45, 2.75) is 65.6 Å². The van der Waals surface area contributed by atoms with Gasteiger partial charge in [-0.1, -0.05) is 43.3 Å². The van der Waals surface area contributed by atoms with Gasteiger partial charge >= 0.3 is 17.4 Å². The summed E-state index contributed by atoms with van der Waals surface area (Å²) in [5.41, 5.74) is 2.36. The number of nitrogens with zero attached hydrogens (tertiary/aromatic N) is 6. The molecule has 0 radical (unpaired) electrons. The van der Waals surface area contributed by atoms with E-state index in [-0.39, 0.29) is 24.1 Å². The predicted molar refractivity (Wildman–Crippen MR) is 172 cm³/mol. The molecule has 2 aromatic heterocycles. The summed E-state index contributed by atoms with van der Waals surface area (Å²) in [6.45, 7) is 16.7. The Bertz CT molecular complexity index is 1840. The molecule has 3 aliphatic rings. The first-order chi connectivity index (χ1) is 20.8. The first-order valence-corrected chi connectivity index (χ1v) is 15.3. The summed E-state index contributed by atoms with van der Waals surface area (Å²) in [5, 5.41) is 0.968. The van der Waals surface area contributed by atoms with Gasteiger partial charge in [0.05, 0.1) is 10.6 Å². The molecule has 2 unspecified atom stereocenters. The van der Waals surface area contributed by atoms with Gasteiger partial charge in [0.25, 0.3) is 0 Å². The number of hydrogen-bond donors (Lipinski definition) is 0. The standard InChI is InChI=1S/C33H37ClFN6O3/c1-8-21-10-9-11-24(35)25(21)28-23(34)16-22-29(39-15-14-38(17-19(39)3)32(43)44-33(5,6)7)37-31(42)41-27-18(2)12-13-36-26(27)20(4)40(28)30(22)41/h8-11,13,16,18-20H,1,12,14-15,17H2,2-7H3/q+1/t18?,19-,20?/m0/s1. The van der Waals surface area contributed by atoms with Crippen LogP contribution in [-0.4, -0.2) is 58.0 Å². The molecule has 1 saturated heterocycles. The highest BCUT2D eigenvalue weighted by Gasteiger charge is 2.43. The van der Waals surface area contributed by atoms with Crippen LogP contribution in [0.4, 0.5) is 15.0 Å². The van der Waals surface area contributed by atoms with E-state index >= 15 is 4.39 Å². The van der Waals surface area contributed by atoms with Crippen LogP contribution in [0.2, 0.25) is 5.02 Å². The Morgan fingerprint density at radius 3 is 2.66 bits per heavy atom. The highest BCUT2D eigenvalue weighted by atomic mass is 35.5. The molecular weight excluding hydrogens is 583 g/mol. The van der Waals surface area contributed by atoms with E-state index in [4.69, 9.17) is 21.3 Å². The molecule has 0 bridgehead atoms. The molecule has 1 amide bonds. The highest BCUT2D eigenvalue weighted by molar-refractivity contribution is 6.33. The molecule has 9 nitrogen and oxygen atoms in total. The van der Waals surface area contributed by atoms with Crippen molar-refractivity contribution in [3.05, 3.63) is 63.4 Å². The molecular formula is C33H37ClFN6O3+. The number of anilines is 1. The van der Waals surface area contributed by atoms with Gasteiger partial charge in [-0.05, 0) is 58.7 Å². The number of aliphatic imine (C=N–C) groups is 1. The topological polar surface area (TPSA) is 83.9 Å². The van der Waals surface area contributed by atoms with E-state index in [0.29, 0.717) is 64.7 Å². The predicted octanol–water partition coefficient (Wildman–Crippen LogP) is 6.09. The maximum Gasteiger partial charge on any atom is 0.441 e. The van der Waals surface area contributed by atoms with Crippen molar-refractivity contribution in [3.63, 3.8) is 0 Å². The second kappa shape index (κ2) is 10.8. The van der Waals surface area contributed by atoms with E-state index in [9.17, 15) is 9.59 Å². The third-order valence-electron chi connectivity index (χ3n) is 8.55. The van der Waals surface area contributed by atoms with Gasteiger partial charge < -0.3 is 14.5 Å². The molecule has 0 saturated carbocycles. The van der Waals surface area contributed by atoms with Gasteiger partial charge in [0.15, 0.2) is 11.5 Å². The zero-order valence-electron chi connectivity index (χ0n) is 25.9. The van der Waals surface area contributed by atoms with Crippen molar-refractivity contribution in [1.29, 1.82) is 0 Å². The van der Waals surface area contributed by atoms with Crippen LogP contribution in [0.5, 0.6) is 0 Å². The fourth-order valence-electron chi connectivity index (χ4n) is 6.59. The van der Waals surface area contributed by atoms with Gasteiger partial charge in [-0.3, -0.25) is 4.99 Å². The summed E-state index contributed by atoms with van der Waals surface area (Å²) in [6.07, 6.45) is 3.77. The minimum absolute atomic E-state index is 0.0138. The molecule has 11 heteroatoms. The van der Waals surface area contributed by atoms with E-state index in [1.54, 1.807) is 33.7 Å². The number of allylic oxidation sites excluding steroid dienone is 2. The summed E-state index contributed by atoms with van der Waals surface area (Å²) in [4.78, 5) is 40.1. The molecule has 230 valence electrons. The number of pyridine rings is 1. The van der Waals surface area contributed by atoms with Crippen molar-refractivity contribution in [1.82, 2.24) is 14.5 Å². The number of hydrogen-bond acceptors (Lipinski definition) is 6. The Morgan fingerprint density at radius 1 is 1.23 bits per heavy atom. The Hall–Kier alpha value is -4.05. The molecule has 1 aromatic carbocycles. The molecule has 6 rings (SSSR count). The van der Waals surface area contributed by atoms with Crippen LogP contribution < -0.4 is 15.2 Å². The van der Waals surface area contributed by atoms with Crippen molar-refractivity contribution in [3.8, 4) is 11.3 Å². The largest absolute Gasteiger partial charge is 0.444 e. The lowest BCUT2D eigenvalue weighted by Gasteiger charge is -2.41. The Balaban J connectivity index is 1.59. The number of piperazine rings is 1. The normalized spacial score (nSPS) is 21.5. The smallest absolute Gasteiger partial charge is 0.441 e. The zero-order chi connectivity index (χ0) is 31.7. The lowest BCUT2D eigenvalue weighted by Crippen LogP contribution is -2.56. The molecule has 5 heterocycles. The fourth-order valence-corrected chi connectivity index (χ4v) is 6.89. The van der Waals surface area contributed by atoms with Crippen LogP contribution in [0.25, 0.3) is 34.1 Å². The van der Waals surface area contributed by atoms with E-state index in [0.717, 1.165) is 11.4 Å². The average molecular weight is 620 g/mol. The average Bonchev–Trinajstić information content (AvgIpc) is 2.95. The summed E-state index contributed by atoms with van der Waals surface area (Å²) < 4.78 is 24.8. The van der Waals surface area contributed by atoms with E-state index < -0.39 is 17.1 Å². The van der Waals surface area contributed by atoms with E-state index in [1.807, 2.05) is 50.3 Å². The molecule has 0 N–H and O–H groups in total.